The molecule has 1 aromatic rings. The van der Waals surface area contributed by atoms with Gasteiger partial charge in [0.15, 0.2) is 0 Å². The summed E-state index contributed by atoms with van der Waals surface area (Å²) in [6.07, 6.45) is 3.04. The number of halogens is 1. The highest BCUT2D eigenvalue weighted by Gasteiger charge is 2.26. The van der Waals surface area contributed by atoms with Gasteiger partial charge in [-0.15, -0.1) is 0 Å². The second-order valence-corrected chi connectivity index (χ2v) is 5.53. The summed E-state index contributed by atoms with van der Waals surface area (Å²) in [5, 5.41) is 14.1. The molecule has 0 aromatic heterocycles. The van der Waals surface area contributed by atoms with Crippen molar-refractivity contribution in [1.29, 1.82) is 0 Å². The van der Waals surface area contributed by atoms with Crippen molar-refractivity contribution in [2.45, 2.75) is 39.2 Å². The lowest BCUT2D eigenvalue weighted by molar-refractivity contribution is -0.384. The summed E-state index contributed by atoms with van der Waals surface area (Å²) in [4.78, 5) is 10.5. The summed E-state index contributed by atoms with van der Waals surface area (Å²) in [7, 11) is 0. The van der Waals surface area contributed by atoms with Crippen LogP contribution in [0.4, 0.5) is 15.8 Å². The van der Waals surface area contributed by atoms with Gasteiger partial charge in [-0.1, -0.05) is 13.8 Å². The summed E-state index contributed by atoms with van der Waals surface area (Å²) in [6.45, 7) is 4.42. The minimum Gasteiger partial charge on any atom is -0.377 e. The second kappa shape index (κ2) is 5.55. The number of benzene rings is 1. The van der Waals surface area contributed by atoms with E-state index in [9.17, 15) is 14.5 Å². The zero-order chi connectivity index (χ0) is 14.0. The number of nitrogens with zero attached hydrogens (tertiary/aromatic N) is 1. The maximum atomic E-state index is 13.2. The molecule has 0 radical (unpaired) electrons. The molecule has 0 saturated heterocycles. The second-order valence-electron chi connectivity index (χ2n) is 5.53. The van der Waals surface area contributed by atoms with E-state index in [1.165, 1.54) is 12.1 Å². The van der Waals surface area contributed by atoms with Crippen LogP contribution in [0.1, 0.15) is 33.1 Å². The number of nitro groups is 1. The summed E-state index contributed by atoms with van der Waals surface area (Å²) >= 11 is 0. The molecule has 1 saturated carbocycles. The van der Waals surface area contributed by atoms with Crippen LogP contribution >= 0.6 is 0 Å². The summed E-state index contributed by atoms with van der Waals surface area (Å²) in [5.41, 5.74) is 0.226. The van der Waals surface area contributed by atoms with Crippen molar-refractivity contribution in [3.05, 3.63) is 34.1 Å². The van der Waals surface area contributed by atoms with Crippen LogP contribution in [0.15, 0.2) is 18.2 Å². The molecule has 5 heteroatoms. The summed E-state index contributed by atoms with van der Waals surface area (Å²) in [5.74, 6) is 0.810. The standard InChI is InChI=1S/C14H19FN2O2/c1-9-3-5-12(7-10(9)2)16-13-8-11(15)4-6-14(13)17(18)19/h4,6,8-10,12,16H,3,5,7H2,1-2H3. The van der Waals surface area contributed by atoms with Crippen LogP contribution in [0.25, 0.3) is 0 Å². The lowest BCUT2D eigenvalue weighted by atomic mass is 9.79. The predicted molar refractivity (Wildman–Crippen MR) is 72.6 cm³/mol. The van der Waals surface area contributed by atoms with E-state index in [-0.39, 0.29) is 17.4 Å². The average molecular weight is 266 g/mol. The van der Waals surface area contributed by atoms with Gasteiger partial charge in [0.2, 0.25) is 0 Å². The van der Waals surface area contributed by atoms with Crippen LogP contribution in [-0.2, 0) is 0 Å². The van der Waals surface area contributed by atoms with Crippen molar-refractivity contribution in [2.24, 2.45) is 11.8 Å². The highest BCUT2D eigenvalue weighted by molar-refractivity contribution is 5.61. The zero-order valence-electron chi connectivity index (χ0n) is 11.2. The molecular formula is C14H19FN2O2. The Morgan fingerprint density at radius 2 is 2.05 bits per heavy atom. The molecule has 3 unspecified atom stereocenters. The van der Waals surface area contributed by atoms with Crippen LogP contribution in [0.3, 0.4) is 0 Å². The first-order chi connectivity index (χ1) is 8.97. The van der Waals surface area contributed by atoms with Gasteiger partial charge in [0.05, 0.1) is 4.92 Å². The number of rotatable bonds is 3. The Morgan fingerprint density at radius 1 is 1.32 bits per heavy atom. The Kier molecular flexibility index (Phi) is 4.02. The van der Waals surface area contributed by atoms with Crippen LogP contribution in [-0.4, -0.2) is 11.0 Å². The number of nitro benzene ring substituents is 1. The zero-order valence-corrected chi connectivity index (χ0v) is 11.2. The third-order valence-electron chi connectivity index (χ3n) is 4.11. The smallest absolute Gasteiger partial charge is 0.292 e. The maximum absolute atomic E-state index is 13.2. The average Bonchev–Trinajstić information content (AvgIpc) is 2.33. The Morgan fingerprint density at radius 3 is 2.68 bits per heavy atom. The number of nitrogens with one attached hydrogen (secondary N) is 1. The molecule has 0 heterocycles. The molecule has 0 amide bonds. The van der Waals surface area contributed by atoms with Gasteiger partial charge in [-0.3, -0.25) is 10.1 Å². The molecule has 19 heavy (non-hydrogen) atoms. The quantitative estimate of drug-likeness (QED) is 0.665. The van der Waals surface area contributed by atoms with Crippen molar-refractivity contribution in [3.8, 4) is 0 Å². The first-order valence-electron chi connectivity index (χ1n) is 6.68. The Bertz CT molecular complexity index is 479. The third-order valence-corrected chi connectivity index (χ3v) is 4.11. The summed E-state index contributed by atoms with van der Waals surface area (Å²) < 4.78 is 13.2. The van der Waals surface area contributed by atoms with Gasteiger partial charge in [0, 0.05) is 18.2 Å². The summed E-state index contributed by atoms with van der Waals surface area (Å²) in [6, 6.07) is 3.73. The van der Waals surface area contributed by atoms with Crippen LogP contribution in [0.2, 0.25) is 0 Å². The molecule has 1 aliphatic rings. The van der Waals surface area contributed by atoms with Crippen molar-refractivity contribution in [3.63, 3.8) is 0 Å². The Labute approximate surface area is 112 Å². The van der Waals surface area contributed by atoms with E-state index < -0.39 is 10.7 Å². The van der Waals surface area contributed by atoms with Gasteiger partial charge >= 0.3 is 0 Å². The minimum atomic E-state index is -0.476. The van der Waals surface area contributed by atoms with Crippen molar-refractivity contribution in [1.82, 2.24) is 0 Å². The molecule has 1 aromatic carbocycles. The molecule has 2 rings (SSSR count). The predicted octanol–water partition coefficient (Wildman–Crippen LogP) is 3.97. The largest absolute Gasteiger partial charge is 0.377 e. The van der Waals surface area contributed by atoms with Crippen molar-refractivity contribution in [2.75, 3.05) is 5.32 Å². The van der Waals surface area contributed by atoms with Gasteiger partial charge in [-0.05, 0) is 37.2 Å². The molecule has 4 nitrogen and oxygen atoms in total. The van der Waals surface area contributed by atoms with E-state index in [1.807, 2.05) is 0 Å². The van der Waals surface area contributed by atoms with Gasteiger partial charge < -0.3 is 5.32 Å². The van der Waals surface area contributed by atoms with Gasteiger partial charge in [-0.25, -0.2) is 4.39 Å². The first-order valence-corrected chi connectivity index (χ1v) is 6.68. The van der Waals surface area contributed by atoms with Crippen LogP contribution in [0, 0.1) is 27.8 Å². The number of hydrogen-bond donors (Lipinski definition) is 1. The van der Waals surface area contributed by atoms with Gasteiger partial charge in [0.1, 0.15) is 11.5 Å². The van der Waals surface area contributed by atoms with E-state index in [1.54, 1.807) is 0 Å². The fourth-order valence-electron chi connectivity index (χ4n) is 2.68. The molecule has 0 aliphatic heterocycles. The normalized spacial score (nSPS) is 27.0. The molecule has 0 spiro atoms. The highest BCUT2D eigenvalue weighted by atomic mass is 19.1. The third kappa shape index (κ3) is 3.22. The van der Waals surface area contributed by atoms with Gasteiger partial charge in [0.25, 0.3) is 5.69 Å². The molecule has 1 fully saturated rings. The lowest BCUT2D eigenvalue weighted by Gasteiger charge is -2.32. The van der Waals surface area contributed by atoms with E-state index in [0.29, 0.717) is 11.8 Å². The highest BCUT2D eigenvalue weighted by Crippen LogP contribution is 2.33. The van der Waals surface area contributed by atoms with E-state index in [0.717, 1.165) is 25.3 Å². The number of anilines is 1. The van der Waals surface area contributed by atoms with Crippen molar-refractivity contribution < 1.29 is 9.31 Å². The monoisotopic (exact) mass is 266 g/mol. The van der Waals surface area contributed by atoms with E-state index >= 15 is 0 Å². The van der Waals surface area contributed by atoms with E-state index in [4.69, 9.17) is 0 Å². The van der Waals surface area contributed by atoms with Crippen LogP contribution in [0.5, 0.6) is 0 Å². The SMILES string of the molecule is CC1CCC(Nc2cc(F)ccc2[N+](=O)[O-])CC1C. The topological polar surface area (TPSA) is 55.2 Å². The van der Waals surface area contributed by atoms with E-state index in [2.05, 4.69) is 19.2 Å². The minimum absolute atomic E-state index is 0.0623. The van der Waals surface area contributed by atoms with Crippen LogP contribution < -0.4 is 5.32 Å². The van der Waals surface area contributed by atoms with Crippen molar-refractivity contribution >= 4 is 11.4 Å². The molecule has 0 bridgehead atoms. The van der Waals surface area contributed by atoms with Gasteiger partial charge in [-0.2, -0.15) is 0 Å². The fourth-order valence-corrected chi connectivity index (χ4v) is 2.68. The molecule has 104 valence electrons. The molecule has 1 N–H and O–H groups in total. The molecule has 3 atom stereocenters. The molecular weight excluding hydrogens is 247 g/mol. The fraction of sp³-hybridized carbons (Fsp3) is 0.571. The molecule has 1 aliphatic carbocycles. The maximum Gasteiger partial charge on any atom is 0.292 e. The first kappa shape index (κ1) is 13.8. The number of hydrogen-bond acceptors (Lipinski definition) is 3. The Balaban J connectivity index is 2.14. The lowest BCUT2D eigenvalue weighted by Crippen LogP contribution is -2.30. The Hall–Kier alpha value is -1.65.